The maximum Gasteiger partial charge on any atom is 1.00 e. The summed E-state index contributed by atoms with van der Waals surface area (Å²) in [7, 11) is 0. The van der Waals surface area contributed by atoms with Crippen LogP contribution in [0.4, 0.5) is 0 Å². The fourth-order valence-electron chi connectivity index (χ4n) is 1.06. The van der Waals surface area contributed by atoms with Crippen molar-refractivity contribution in [2.24, 2.45) is 0 Å². The standard InChI is InChI=1S/C8H4BrNO3.Li/c9-5-3-13-7-4(8(11)12)1-2-10-6(5)7;/h1-3H,(H,11,12);/q;+1/p-1. The molecule has 0 atom stereocenters. The smallest absolute Gasteiger partial charge is 0.545 e. The minimum Gasteiger partial charge on any atom is -0.545 e. The number of fused-ring (bicyclic) bond motifs is 1. The van der Waals surface area contributed by atoms with Crippen molar-refractivity contribution < 1.29 is 33.2 Å². The minimum absolute atomic E-state index is 0. The monoisotopic (exact) mass is 247 g/mol. The number of rotatable bonds is 1. The fourth-order valence-corrected chi connectivity index (χ4v) is 1.44. The van der Waals surface area contributed by atoms with E-state index in [1.165, 1.54) is 18.5 Å². The molecule has 0 saturated carbocycles. The number of nitrogens with zero attached hydrogens (tertiary/aromatic N) is 1. The molecule has 0 N–H and O–H groups in total. The third-order valence-corrected chi connectivity index (χ3v) is 2.19. The van der Waals surface area contributed by atoms with Crippen molar-refractivity contribution in [3.05, 3.63) is 28.6 Å². The SMILES string of the molecule is O=C([O-])c1ccnc2c(Br)coc12.[Li+]. The van der Waals surface area contributed by atoms with Crippen LogP contribution < -0.4 is 24.0 Å². The molecule has 0 radical (unpaired) electrons. The molecule has 0 aliphatic rings. The summed E-state index contributed by atoms with van der Waals surface area (Å²) in [6, 6.07) is 1.34. The molecule has 66 valence electrons. The van der Waals surface area contributed by atoms with Crippen LogP contribution in [0.15, 0.2) is 27.4 Å². The Balaban J connectivity index is 0.000000980. The van der Waals surface area contributed by atoms with E-state index in [1.54, 1.807) is 0 Å². The van der Waals surface area contributed by atoms with Crippen LogP contribution in [-0.4, -0.2) is 11.0 Å². The van der Waals surface area contributed by atoms with Crippen molar-refractivity contribution in [3.63, 3.8) is 0 Å². The first-order chi connectivity index (χ1) is 6.20. The Hall–Kier alpha value is -0.763. The number of carboxylic acids is 1. The molecule has 0 fully saturated rings. The maximum atomic E-state index is 10.6. The summed E-state index contributed by atoms with van der Waals surface area (Å²) < 4.78 is 5.64. The second kappa shape index (κ2) is 4.18. The molecule has 0 aliphatic heterocycles. The third-order valence-electron chi connectivity index (χ3n) is 1.63. The van der Waals surface area contributed by atoms with E-state index < -0.39 is 5.97 Å². The van der Waals surface area contributed by atoms with Crippen molar-refractivity contribution in [2.75, 3.05) is 0 Å². The van der Waals surface area contributed by atoms with Gasteiger partial charge < -0.3 is 14.3 Å². The molecule has 0 unspecified atom stereocenters. The summed E-state index contributed by atoms with van der Waals surface area (Å²) in [6.45, 7) is 0. The number of hydrogen-bond acceptors (Lipinski definition) is 4. The molecule has 0 saturated heterocycles. The van der Waals surface area contributed by atoms with E-state index in [0.717, 1.165) is 0 Å². The zero-order valence-corrected chi connectivity index (χ0v) is 8.87. The minimum atomic E-state index is -1.27. The predicted molar refractivity (Wildman–Crippen MR) is 46.0 cm³/mol. The van der Waals surface area contributed by atoms with Gasteiger partial charge >= 0.3 is 18.9 Å². The summed E-state index contributed by atoms with van der Waals surface area (Å²) >= 11 is 3.18. The summed E-state index contributed by atoms with van der Waals surface area (Å²) in [4.78, 5) is 14.6. The van der Waals surface area contributed by atoms with Crippen molar-refractivity contribution >= 4 is 33.0 Å². The Kier molecular flexibility index (Phi) is 3.37. The van der Waals surface area contributed by atoms with Crippen LogP contribution >= 0.6 is 15.9 Å². The second-order valence-electron chi connectivity index (χ2n) is 2.41. The quantitative estimate of drug-likeness (QED) is 0.545. The number of carbonyl (C=O) groups is 1. The van der Waals surface area contributed by atoms with Gasteiger partial charge in [-0.1, -0.05) is 0 Å². The Morgan fingerprint density at radius 1 is 1.57 bits per heavy atom. The van der Waals surface area contributed by atoms with Crippen molar-refractivity contribution in [1.29, 1.82) is 0 Å². The molecule has 0 spiro atoms. The number of pyridine rings is 1. The van der Waals surface area contributed by atoms with Gasteiger partial charge in [0.1, 0.15) is 11.8 Å². The summed E-state index contributed by atoms with van der Waals surface area (Å²) in [5, 5.41) is 10.6. The zero-order valence-electron chi connectivity index (χ0n) is 7.28. The predicted octanol–water partition coefficient (Wildman–Crippen LogP) is -2.04. The topological polar surface area (TPSA) is 66.2 Å². The summed E-state index contributed by atoms with van der Waals surface area (Å²) in [6.07, 6.45) is 2.79. The van der Waals surface area contributed by atoms with Gasteiger partial charge in [-0.25, -0.2) is 0 Å². The molecule has 0 amide bonds. The van der Waals surface area contributed by atoms with Crippen LogP contribution in [0.5, 0.6) is 0 Å². The van der Waals surface area contributed by atoms with E-state index in [4.69, 9.17) is 4.42 Å². The average Bonchev–Trinajstić information content (AvgIpc) is 2.48. The van der Waals surface area contributed by atoms with Gasteiger partial charge in [0.25, 0.3) is 0 Å². The zero-order chi connectivity index (χ0) is 9.42. The number of carbonyl (C=O) groups excluding carboxylic acids is 1. The van der Waals surface area contributed by atoms with Gasteiger partial charge in [0.15, 0.2) is 5.58 Å². The Morgan fingerprint density at radius 3 is 2.93 bits per heavy atom. The van der Waals surface area contributed by atoms with Gasteiger partial charge in [0.2, 0.25) is 0 Å². The summed E-state index contributed by atoms with van der Waals surface area (Å²) in [5.74, 6) is -1.27. The van der Waals surface area contributed by atoms with E-state index >= 15 is 0 Å². The molecule has 6 heteroatoms. The molecule has 2 aromatic rings. The van der Waals surface area contributed by atoms with Gasteiger partial charge in [0, 0.05) is 11.8 Å². The van der Waals surface area contributed by atoms with E-state index in [0.29, 0.717) is 9.99 Å². The van der Waals surface area contributed by atoms with Gasteiger partial charge in [-0.05, 0) is 22.0 Å². The third kappa shape index (κ3) is 1.71. The molecule has 0 aromatic carbocycles. The van der Waals surface area contributed by atoms with E-state index in [9.17, 15) is 9.90 Å². The fraction of sp³-hybridized carbons (Fsp3) is 0. The van der Waals surface area contributed by atoms with Crippen LogP contribution in [0.3, 0.4) is 0 Å². The van der Waals surface area contributed by atoms with Crippen molar-refractivity contribution in [2.45, 2.75) is 0 Å². The molecular weight excluding hydrogens is 245 g/mol. The Labute approximate surface area is 99.6 Å². The largest absolute Gasteiger partial charge is 1.00 e. The molecule has 2 rings (SSSR count). The second-order valence-corrected chi connectivity index (χ2v) is 3.26. The van der Waals surface area contributed by atoms with Gasteiger partial charge in [-0.3, -0.25) is 4.98 Å². The number of hydrogen-bond donors (Lipinski definition) is 0. The number of aromatic nitrogens is 1. The normalized spacial score (nSPS) is 9.79. The van der Waals surface area contributed by atoms with Gasteiger partial charge in [0.05, 0.1) is 10.4 Å². The molecular formula is C8H3BrLiNO3. The average molecular weight is 248 g/mol. The maximum absolute atomic E-state index is 10.6. The number of furan rings is 1. The molecule has 0 bridgehead atoms. The van der Waals surface area contributed by atoms with Crippen LogP contribution in [0.1, 0.15) is 10.4 Å². The first-order valence-electron chi connectivity index (χ1n) is 3.43. The van der Waals surface area contributed by atoms with Crippen LogP contribution in [-0.2, 0) is 0 Å². The summed E-state index contributed by atoms with van der Waals surface area (Å²) in [5.41, 5.74) is 0.728. The molecule has 2 aromatic heterocycles. The van der Waals surface area contributed by atoms with E-state index in [-0.39, 0.29) is 30.0 Å². The number of aromatic carboxylic acids is 1. The van der Waals surface area contributed by atoms with Crippen LogP contribution in [0, 0.1) is 0 Å². The van der Waals surface area contributed by atoms with E-state index in [1.807, 2.05) is 0 Å². The van der Waals surface area contributed by atoms with E-state index in [2.05, 4.69) is 20.9 Å². The number of halogens is 1. The molecule has 14 heavy (non-hydrogen) atoms. The molecule has 0 aliphatic carbocycles. The van der Waals surface area contributed by atoms with Crippen molar-refractivity contribution in [1.82, 2.24) is 4.98 Å². The molecule has 4 nitrogen and oxygen atoms in total. The number of carboxylic acid groups (broad SMARTS) is 1. The first kappa shape index (κ1) is 11.3. The van der Waals surface area contributed by atoms with Gasteiger partial charge in [-0.2, -0.15) is 0 Å². The Morgan fingerprint density at radius 2 is 2.29 bits per heavy atom. The Bertz CT molecular complexity index is 482. The first-order valence-corrected chi connectivity index (χ1v) is 4.22. The van der Waals surface area contributed by atoms with Gasteiger partial charge in [-0.15, -0.1) is 0 Å². The van der Waals surface area contributed by atoms with Crippen molar-refractivity contribution in [3.8, 4) is 0 Å². The van der Waals surface area contributed by atoms with Crippen LogP contribution in [0.2, 0.25) is 0 Å². The van der Waals surface area contributed by atoms with Crippen LogP contribution in [0.25, 0.3) is 11.1 Å². The molecule has 2 heterocycles.